The van der Waals surface area contributed by atoms with Gasteiger partial charge >= 0.3 is 5.97 Å². The van der Waals surface area contributed by atoms with Gasteiger partial charge in [-0.15, -0.1) is 0 Å². The highest BCUT2D eigenvalue weighted by molar-refractivity contribution is 5.96. The van der Waals surface area contributed by atoms with Crippen LogP contribution in [0.4, 0.5) is 5.69 Å². The Morgan fingerprint density at radius 3 is 2.36 bits per heavy atom. The Labute approximate surface area is 166 Å². The molecular weight excluding hydrogens is 360 g/mol. The SMILES string of the molecule is CNC(=O)c1ccc(NC=O)cc1CN1CCN(CC(=O)OC(C)(C)C)CC1. The number of carbonyl (C=O) groups excluding carboxylic acids is 3. The van der Waals surface area contributed by atoms with E-state index >= 15 is 0 Å². The first-order chi connectivity index (χ1) is 13.2. The van der Waals surface area contributed by atoms with Crippen molar-refractivity contribution in [2.45, 2.75) is 32.9 Å². The highest BCUT2D eigenvalue weighted by atomic mass is 16.6. The minimum absolute atomic E-state index is 0.156. The fourth-order valence-corrected chi connectivity index (χ4v) is 3.14. The number of rotatable bonds is 7. The highest BCUT2D eigenvalue weighted by Crippen LogP contribution is 2.19. The first kappa shape index (κ1) is 21.8. The molecule has 0 unspecified atom stereocenters. The number of nitrogens with zero attached hydrogens (tertiary/aromatic N) is 2. The summed E-state index contributed by atoms with van der Waals surface area (Å²) in [6.07, 6.45) is 0.619. The van der Waals surface area contributed by atoms with Crippen molar-refractivity contribution >= 4 is 24.0 Å². The van der Waals surface area contributed by atoms with Gasteiger partial charge in [0, 0.05) is 51.0 Å². The number of hydrogen-bond donors (Lipinski definition) is 2. The van der Waals surface area contributed by atoms with Crippen LogP contribution >= 0.6 is 0 Å². The van der Waals surface area contributed by atoms with E-state index in [1.807, 2.05) is 26.8 Å². The van der Waals surface area contributed by atoms with Gasteiger partial charge in [0.1, 0.15) is 5.60 Å². The van der Waals surface area contributed by atoms with Crippen LogP contribution in [0.25, 0.3) is 0 Å². The predicted molar refractivity (Wildman–Crippen MR) is 107 cm³/mol. The van der Waals surface area contributed by atoms with Crippen LogP contribution in [-0.4, -0.2) is 73.5 Å². The molecule has 0 aromatic heterocycles. The van der Waals surface area contributed by atoms with Gasteiger partial charge in [-0.25, -0.2) is 0 Å². The van der Waals surface area contributed by atoms with E-state index in [0.29, 0.717) is 24.2 Å². The van der Waals surface area contributed by atoms with E-state index < -0.39 is 5.60 Å². The van der Waals surface area contributed by atoms with Crippen molar-refractivity contribution in [2.75, 3.05) is 45.1 Å². The summed E-state index contributed by atoms with van der Waals surface area (Å²) in [7, 11) is 1.60. The van der Waals surface area contributed by atoms with Crippen molar-refractivity contribution < 1.29 is 19.1 Å². The average molecular weight is 390 g/mol. The molecule has 1 aliphatic rings. The largest absolute Gasteiger partial charge is 0.459 e. The Morgan fingerprint density at radius 1 is 1.14 bits per heavy atom. The Bertz CT molecular complexity index is 707. The molecule has 0 spiro atoms. The number of piperazine rings is 1. The number of hydrogen-bond acceptors (Lipinski definition) is 6. The Kier molecular flexibility index (Phi) is 7.53. The maximum Gasteiger partial charge on any atom is 0.320 e. The van der Waals surface area contributed by atoms with E-state index in [2.05, 4.69) is 20.4 Å². The number of ether oxygens (including phenoxy) is 1. The fourth-order valence-electron chi connectivity index (χ4n) is 3.14. The van der Waals surface area contributed by atoms with E-state index in [9.17, 15) is 14.4 Å². The third kappa shape index (κ3) is 6.61. The lowest BCUT2D eigenvalue weighted by Gasteiger charge is -2.35. The zero-order chi connectivity index (χ0) is 20.7. The topological polar surface area (TPSA) is 91.0 Å². The first-order valence-electron chi connectivity index (χ1n) is 9.43. The number of anilines is 1. The van der Waals surface area contributed by atoms with Crippen molar-refractivity contribution in [2.24, 2.45) is 0 Å². The van der Waals surface area contributed by atoms with Crippen LogP contribution in [0.15, 0.2) is 18.2 Å². The molecule has 2 amide bonds. The molecule has 154 valence electrons. The third-order valence-corrected chi connectivity index (χ3v) is 4.43. The lowest BCUT2D eigenvalue weighted by molar-refractivity contribution is -0.156. The standard InChI is InChI=1S/C20H30N4O4/c1-20(2,3)28-18(26)13-24-9-7-23(8-10-24)12-15-11-16(22-14-25)5-6-17(15)19(27)21-4/h5-6,11,14H,7-10,12-13H2,1-4H3,(H,21,27)(H,22,25). The molecule has 0 bridgehead atoms. The summed E-state index contributed by atoms with van der Waals surface area (Å²) in [4.78, 5) is 39.2. The Balaban J connectivity index is 1.96. The summed E-state index contributed by atoms with van der Waals surface area (Å²) < 4.78 is 5.38. The van der Waals surface area contributed by atoms with Crippen molar-refractivity contribution in [1.82, 2.24) is 15.1 Å². The first-order valence-corrected chi connectivity index (χ1v) is 9.43. The summed E-state index contributed by atoms with van der Waals surface area (Å²) in [5.74, 6) is -0.369. The van der Waals surface area contributed by atoms with Crippen molar-refractivity contribution in [3.63, 3.8) is 0 Å². The normalized spacial score (nSPS) is 15.7. The summed E-state index contributed by atoms with van der Waals surface area (Å²) in [5, 5.41) is 5.28. The van der Waals surface area contributed by atoms with Crippen LogP contribution in [0.5, 0.6) is 0 Å². The van der Waals surface area contributed by atoms with Gasteiger partial charge in [-0.05, 0) is 44.5 Å². The zero-order valence-electron chi connectivity index (χ0n) is 17.1. The molecule has 1 saturated heterocycles. The molecule has 0 atom stereocenters. The molecule has 2 N–H and O–H groups in total. The van der Waals surface area contributed by atoms with Crippen LogP contribution in [0.3, 0.4) is 0 Å². The Morgan fingerprint density at radius 2 is 1.79 bits per heavy atom. The number of amides is 2. The van der Waals surface area contributed by atoms with Gasteiger partial charge < -0.3 is 15.4 Å². The maximum absolute atomic E-state index is 12.2. The van der Waals surface area contributed by atoms with Gasteiger partial charge in [-0.1, -0.05) is 0 Å². The second-order valence-electron chi connectivity index (χ2n) is 7.85. The second kappa shape index (κ2) is 9.66. The molecule has 2 rings (SSSR count). The van der Waals surface area contributed by atoms with Gasteiger partial charge in [-0.3, -0.25) is 24.2 Å². The summed E-state index contributed by atoms with van der Waals surface area (Å²) in [6, 6.07) is 5.26. The van der Waals surface area contributed by atoms with E-state index in [1.165, 1.54) is 0 Å². The molecule has 1 aromatic carbocycles. The summed E-state index contributed by atoms with van der Waals surface area (Å²) in [6.45, 7) is 9.52. The number of esters is 1. The molecule has 0 aliphatic carbocycles. The molecule has 1 aliphatic heterocycles. The highest BCUT2D eigenvalue weighted by Gasteiger charge is 2.23. The van der Waals surface area contributed by atoms with Crippen LogP contribution in [-0.2, 0) is 20.9 Å². The quantitative estimate of drug-likeness (QED) is 0.535. The van der Waals surface area contributed by atoms with Gasteiger partial charge in [0.25, 0.3) is 5.91 Å². The summed E-state index contributed by atoms with van der Waals surface area (Å²) in [5.41, 5.74) is 1.62. The molecule has 1 fully saturated rings. The van der Waals surface area contributed by atoms with E-state index in [0.717, 1.165) is 31.7 Å². The minimum atomic E-state index is -0.476. The zero-order valence-corrected chi connectivity index (χ0v) is 17.1. The Hall–Kier alpha value is -2.45. The van der Waals surface area contributed by atoms with E-state index in [4.69, 9.17) is 4.74 Å². The number of nitrogens with one attached hydrogen (secondary N) is 2. The molecule has 1 heterocycles. The van der Waals surface area contributed by atoms with Crippen molar-refractivity contribution in [1.29, 1.82) is 0 Å². The minimum Gasteiger partial charge on any atom is -0.459 e. The van der Waals surface area contributed by atoms with Crippen molar-refractivity contribution in [3.05, 3.63) is 29.3 Å². The molecule has 0 saturated carbocycles. The fraction of sp³-hybridized carbons (Fsp3) is 0.550. The lowest BCUT2D eigenvalue weighted by atomic mass is 10.0. The van der Waals surface area contributed by atoms with Crippen LogP contribution in [0.1, 0.15) is 36.7 Å². The second-order valence-corrected chi connectivity index (χ2v) is 7.85. The van der Waals surface area contributed by atoms with Gasteiger partial charge in [0.05, 0.1) is 6.54 Å². The molecule has 0 radical (unpaired) electrons. The smallest absolute Gasteiger partial charge is 0.320 e. The van der Waals surface area contributed by atoms with Gasteiger partial charge in [0.15, 0.2) is 0 Å². The van der Waals surface area contributed by atoms with Crippen LogP contribution < -0.4 is 10.6 Å². The molecule has 28 heavy (non-hydrogen) atoms. The average Bonchev–Trinajstić information content (AvgIpc) is 2.62. The predicted octanol–water partition coefficient (Wildman–Crippen LogP) is 1.07. The molecular formula is C20H30N4O4. The lowest BCUT2D eigenvalue weighted by Crippen LogP contribution is -2.48. The van der Waals surface area contributed by atoms with Crippen LogP contribution in [0.2, 0.25) is 0 Å². The van der Waals surface area contributed by atoms with Gasteiger partial charge in [0.2, 0.25) is 6.41 Å². The molecule has 8 heteroatoms. The molecule has 8 nitrogen and oxygen atoms in total. The third-order valence-electron chi connectivity index (χ3n) is 4.43. The summed E-state index contributed by atoms with van der Waals surface area (Å²) >= 11 is 0. The van der Waals surface area contributed by atoms with Crippen molar-refractivity contribution in [3.8, 4) is 0 Å². The monoisotopic (exact) mass is 390 g/mol. The van der Waals surface area contributed by atoms with Crippen LogP contribution in [0, 0.1) is 0 Å². The molecule has 1 aromatic rings. The van der Waals surface area contributed by atoms with E-state index in [1.54, 1.807) is 19.2 Å². The van der Waals surface area contributed by atoms with Gasteiger partial charge in [-0.2, -0.15) is 0 Å². The number of benzene rings is 1. The van der Waals surface area contributed by atoms with E-state index in [-0.39, 0.29) is 18.4 Å². The maximum atomic E-state index is 12.2. The number of carbonyl (C=O) groups is 3.